The average Bonchev–Trinajstić information content (AvgIpc) is 2.08. The third kappa shape index (κ3) is 1.61. The van der Waals surface area contributed by atoms with Crippen LogP contribution >= 0.6 is 0 Å². The molecule has 0 bridgehead atoms. The van der Waals surface area contributed by atoms with Crippen molar-refractivity contribution in [2.75, 3.05) is 0 Å². The van der Waals surface area contributed by atoms with Crippen LogP contribution in [0, 0.1) is 5.82 Å². The molecule has 7 heteroatoms. The van der Waals surface area contributed by atoms with Crippen LogP contribution in [0.1, 0.15) is 22.5 Å². The predicted molar refractivity (Wildman–Crippen MR) is 40.5 cm³/mol. The topological polar surface area (TPSA) is 76.0 Å². The van der Waals surface area contributed by atoms with E-state index in [4.69, 9.17) is 5.73 Å². The van der Waals surface area contributed by atoms with Gasteiger partial charge in [0, 0.05) is 6.20 Å². The Kier molecular flexibility index (Phi) is 2.59. The molecule has 1 amide bonds. The van der Waals surface area contributed by atoms with Gasteiger partial charge in [-0.05, 0) is 0 Å². The fraction of sp³-hybridized carbons (Fsp3) is 0.143. The van der Waals surface area contributed by atoms with Crippen LogP contribution in [0.4, 0.5) is 13.2 Å². The lowest BCUT2D eigenvalue weighted by Crippen LogP contribution is -2.25. The van der Waals surface area contributed by atoms with Gasteiger partial charge in [-0.2, -0.15) is 0 Å². The lowest BCUT2D eigenvalue weighted by Gasteiger charge is -2.02. The lowest BCUT2D eigenvalue weighted by atomic mass is 10.2. The third-order valence-corrected chi connectivity index (χ3v) is 1.54. The van der Waals surface area contributed by atoms with Crippen molar-refractivity contribution < 1.29 is 18.0 Å². The van der Waals surface area contributed by atoms with Gasteiger partial charge in [-0.25, -0.2) is 13.2 Å². The molecular weight excluding hydrogens is 201 g/mol. The van der Waals surface area contributed by atoms with E-state index in [0.717, 1.165) is 0 Å². The molecule has 0 aromatic carbocycles. The number of carbonyl (C=O) groups excluding carboxylic acids is 1. The van der Waals surface area contributed by atoms with Crippen LogP contribution in [-0.2, 0) is 0 Å². The SMILES string of the molecule is NC(=O)c1c[nH]c(C(F)F)c(F)c1=O. The number of rotatable bonds is 2. The molecule has 0 atom stereocenters. The predicted octanol–water partition coefficient (Wildman–Crippen LogP) is 0.551. The van der Waals surface area contributed by atoms with Crippen molar-refractivity contribution >= 4 is 5.91 Å². The number of hydrogen-bond acceptors (Lipinski definition) is 2. The molecule has 0 spiro atoms. The summed E-state index contributed by atoms with van der Waals surface area (Å²) in [4.78, 5) is 23.2. The summed E-state index contributed by atoms with van der Waals surface area (Å²) in [7, 11) is 0. The minimum atomic E-state index is -3.15. The number of aromatic nitrogens is 1. The summed E-state index contributed by atoms with van der Waals surface area (Å²) in [6.07, 6.45) is -2.49. The molecule has 1 aromatic heterocycles. The quantitative estimate of drug-likeness (QED) is 0.741. The summed E-state index contributed by atoms with van der Waals surface area (Å²) in [5.74, 6) is -2.86. The fourth-order valence-electron chi connectivity index (χ4n) is 0.861. The summed E-state index contributed by atoms with van der Waals surface area (Å²) < 4.78 is 36.9. The molecule has 1 rings (SSSR count). The molecular formula is C7H5F3N2O2. The van der Waals surface area contributed by atoms with Gasteiger partial charge < -0.3 is 10.7 Å². The van der Waals surface area contributed by atoms with Gasteiger partial charge in [0.15, 0.2) is 5.82 Å². The standard InChI is InChI=1S/C7H5F3N2O2/c8-3-4(6(9)10)12-1-2(5(3)13)7(11)14/h1,6H,(H2,11,14)(H,12,13). The maximum atomic E-state index is 12.8. The third-order valence-electron chi connectivity index (χ3n) is 1.54. The van der Waals surface area contributed by atoms with Gasteiger partial charge in [-0.3, -0.25) is 9.59 Å². The van der Waals surface area contributed by atoms with Crippen LogP contribution in [0.5, 0.6) is 0 Å². The minimum absolute atomic E-state index is 0.662. The fourth-order valence-corrected chi connectivity index (χ4v) is 0.861. The number of pyridine rings is 1. The van der Waals surface area contributed by atoms with Crippen molar-refractivity contribution in [3.05, 3.63) is 33.5 Å². The van der Waals surface area contributed by atoms with Crippen LogP contribution in [0.25, 0.3) is 0 Å². The highest BCUT2D eigenvalue weighted by atomic mass is 19.3. The van der Waals surface area contributed by atoms with Crippen LogP contribution in [0.2, 0.25) is 0 Å². The molecule has 0 aliphatic heterocycles. The zero-order valence-corrected chi connectivity index (χ0v) is 6.68. The number of halogens is 3. The molecule has 0 radical (unpaired) electrons. The first-order valence-electron chi connectivity index (χ1n) is 3.44. The number of aromatic amines is 1. The summed E-state index contributed by atoms with van der Waals surface area (Å²) in [6.45, 7) is 0. The highest BCUT2D eigenvalue weighted by Gasteiger charge is 2.20. The number of nitrogens with one attached hydrogen (secondary N) is 1. The number of H-pyrrole nitrogens is 1. The second-order valence-electron chi connectivity index (χ2n) is 2.42. The second kappa shape index (κ2) is 3.52. The summed E-state index contributed by atoms with van der Waals surface area (Å²) in [6, 6.07) is 0. The number of alkyl halides is 2. The maximum absolute atomic E-state index is 12.8. The summed E-state index contributed by atoms with van der Waals surface area (Å²) >= 11 is 0. The first-order valence-corrected chi connectivity index (χ1v) is 3.44. The Morgan fingerprint density at radius 1 is 1.50 bits per heavy atom. The Morgan fingerprint density at radius 3 is 2.50 bits per heavy atom. The van der Waals surface area contributed by atoms with E-state index in [0.29, 0.717) is 6.20 Å². The Bertz CT molecular complexity index is 427. The van der Waals surface area contributed by atoms with Gasteiger partial charge >= 0.3 is 0 Å². The zero-order valence-electron chi connectivity index (χ0n) is 6.68. The van der Waals surface area contributed by atoms with Crippen molar-refractivity contribution in [1.29, 1.82) is 0 Å². The van der Waals surface area contributed by atoms with Gasteiger partial charge in [0.1, 0.15) is 11.3 Å². The minimum Gasteiger partial charge on any atom is -0.365 e. The van der Waals surface area contributed by atoms with Crippen molar-refractivity contribution in [2.24, 2.45) is 5.73 Å². The first kappa shape index (κ1) is 10.3. The Balaban J connectivity index is 3.42. The largest absolute Gasteiger partial charge is 0.365 e. The van der Waals surface area contributed by atoms with Gasteiger partial charge in [-0.15, -0.1) is 0 Å². The Hall–Kier alpha value is -1.79. The number of nitrogens with two attached hydrogens (primary N) is 1. The Morgan fingerprint density at radius 2 is 2.07 bits per heavy atom. The number of primary amides is 1. The zero-order chi connectivity index (χ0) is 10.9. The van der Waals surface area contributed by atoms with Crippen LogP contribution < -0.4 is 11.2 Å². The van der Waals surface area contributed by atoms with E-state index in [1.54, 1.807) is 4.98 Å². The molecule has 0 aliphatic carbocycles. The molecule has 0 saturated heterocycles. The van der Waals surface area contributed by atoms with E-state index in [2.05, 4.69) is 0 Å². The van der Waals surface area contributed by atoms with E-state index in [9.17, 15) is 22.8 Å². The smallest absolute Gasteiger partial charge is 0.281 e. The van der Waals surface area contributed by atoms with E-state index < -0.39 is 34.8 Å². The number of hydrogen-bond donors (Lipinski definition) is 2. The summed E-state index contributed by atoms with van der Waals surface area (Å²) in [5.41, 5.74) is 1.43. The highest BCUT2D eigenvalue weighted by Crippen LogP contribution is 2.17. The monoisotopic (exact) mass is 206 g/mol. The lowest BCUT2D eigenvalue weighted by molar-refractivity contribution is 0.0996. The van der Waals surface area contributed by atoms with Crippen LogP contribution in [0.15, 0.2) is 11.0 Å². The maximum Gasteiger partial charge on any atom is 0.281 e. The molecule has 0 fully saturated rings. The molecule has 14 heavy (non-hydrogen) atoms. The van der Waals surface area contributed by atoms with Crippen molar-refractivity contribution in [1.82, 2.24) is 4.98 Å². The van der Waals surface area contributed by atoms with Gasteiger partial charge in [0.2, 0.25) is 5.43 Å². The molecule has 0 aliphatic rings. The summed E-state index contributed by atoms with van der Waals surface area (Å²) in [5, 5.41) is 0. The van der Waals surface area contributed by atoms with E-state index in [-0.39, 0.29) is 0 Å². The van der Waals surface area contributed by atoms with Crippen molar-refractivity contribution in [2.45, 2.75) is 6.43 Å². The van der Waals surface area contributed by atoms with Crippen LogP contribution in [-0.4, -0.2) is 10.9 Å². The van der Waals surface area contributed by atoms with Gasteiger partial charge in [0.05, 0.1) is 0 Å². The van der Waals surface area contributed by atoms with E-state index in [1.807, 2.05) is 0 Å². The van der Waals surface area contributed by atoms with Gasteiger partial charge in [0.25, 0.3) is 12.3 Å². The molecule has 76 valence electrons. The van der Waals surface area contributed by atoms with Crippen LogP contribution in [0.3, 0.4) is 0 Å². The molecule has 1 aromatic rings. The molecule has 4 nitrogen and oxygen atoms in total. The second-order valence-corrected chi connectivity index (χ2v) is 2.42. The Labute approximate surface area is 75.5 Å². The average molecular weight is 206 g/mol. The van der Waals surface area contributed by atoms with Crippen molar-refractivity contribution in [3.63, 3.8) is 0 Å². The number of amides is 1. The number of carbonyl (C=O) groups is 1. The molecule has 1 heterocycles. The normalized spacial score (nSPS) is 10.6. The van der Waals surface area contributed by atoms with Gasteiger partial charge in [-0.1, -0.05) is 0 Å². The van der Waals surface area contributed by atoms with E-state index >= 15 is 0 Å². The highest BCUT2D eigenvalue weighted by molar-refractivity contribution is 5.92. The molecule has 3 N–H and O–H groups in total. The molecule has 0 unspecified atom stereocenters. The molecule has 0 saturated carbocycles. The van der Waals surface area contributed by atoms with E-state index in [1.165, 1.54) is 0 Å². The first-order chi connectivity index (χ1) is 6.45. The van der Waals surface area contributed by atoms with Crippen molar-refractivity contribution in [3.8, 4) is 0 Å².